The maximum absolute atomic E-state index is 12.8. The van der Waals surface area contributed by atoms with Crippen LogP contribution in [0.4, 0.5) is 4.39 Å². The lowest BCUT2D eigenvalue weighted by atomic mass is 10.2. The number of carboxylic acid groups (broad SMARTS) is 1. The van der Waals surface area contributed by atoms with Crippen molar-refractivity contribution in [3.8, 4) is 22.0 Å². The third-order valence-electron chi connectivity index (χ3n) is 2.66. The first kappa shape index (κ1) is 12.5. The molecular formula is C13H8FN3O2S. The minimum absolute atomic E-state index is 0.106. The molecule has 0 aromatic carbocycles. The fraction of sp³-hybridized carbons (Fsp3) is 0. The Labute approximate surface area is 116 Å². The number of aromatic carboxylic acids is 1. The average Bonchev–Trinajstić information content (AvgIpc) is 3.08. The van der Waals surface area contributed by atoms with Crippen LogP contribution in [0, 0.1) is 5.82 Å². The van der Waals surface area contributed by atoms with Crippen molar-refractivity contribution in [2.45, 2.75) is 0 Å². The Hall–Kier alpha value is -2.54. The van der Waals surface area contributed by atoms with Crippen LogP contribution in [-0.2, 0) is 0 Å². The normalized spacial score (nSPS) is 10.7. The molecule has 0 aliphatic heterocycles. The second-order valence-corrected chi connectivity index (χ2v) is 4.86. The quantitative estimate of drug-likeness (QED) is 0.776. The zero-order valence-electron chi connectivity index (χ0n) is 10.0. The summed E-state index contributed by atoms with van der Waals surface area (Å²) in [7, 11) is 0. The fourth-order valence-electron chi connectivity index (χ4n) is 1.69. The van der Waals surface area contributed by atoms with Crippen LogP contribution in [0.5, 0.6) is 0 Å². The molecule has 5 nitrogen and oxygen atoms in total. The lowest BCUT2D eigenvalue weighted by Crippen LogP contribution is -1.94. The predicted molar refractivity (Wildman–Crippen MR) is 72.0 cm³/mol. The molecule has 0 saturated heterocycles. The van der Waals surface area contributed by atoms with Crippen LogP contribution in [0.15, 0.2) is 36.0 Å². The smallest absolute Gasteiger partial charge is 0.352 e. The highest BCUT2D eigenvalue weighted by molar-refractivity contribution is 7.13. The van der Waals surface area contributed by atoms with Gasteiger partial charge in [0.05, 0.1) is 17.6 Å². The van der Waals surface area contributed by atoms with Gasteiger partial charge in [0.1, 0.15) is 16.5 Å². The molecule has 0 saturated carbocycles. The zero-order chi connectivity index (χ0) is 14.1. The number of carbonyl (C=O) groups is 1. The lowest BCUT2D eigenvalue weighted by molar-refractivity contribution is 0.0691. The van der Waals surface area contributed by atoms with E-state index in [2.05, 4.69) is 15.0 Å². The molecule has 0 aliphatic carbocycles. The highest BCUT2D eigenvalue weighted by atomic mass is 32.1. The molecule has 100 valence electrons. The monoisotopic (exact) mass is 289 g/mol. The number of H-pyrrole nitrogens is 1. The van der Waals surface area contributed by atoms with E-state index >= 15 is 0 Å². The highest BCUT2D eigenvalue weighted by Gasteiger charge is 2.11. The van der Waals surface area contributed by atoms with Crippen molar-refractivity contribution in [2.24, 2.45) is 0 Å². The van der Waals surface area contributed by atoms with E-state index in [1.54, 1.807) is 17.6 Å². The van der Waals surface area contributed by atoms with Crippen molar-refractivity contribution in [1.29, 1.82) is 0 Å². The molecule has 2 N–H and O–H groups in total. The topological polar surface area (TPSA) is 78.9 Å². The number of rotatable bonds is 3. The van der Waals surface area contributed by atoms with Gasteiger partial charge in [-0.25, -0.2) is 14.2 Å². The van der Waals surface area contributed by atoms with Crippen LogP contribution in [0.2, 0.25) is 0 Å². The van der Waals surface area contributed by atoms with Gasteiger partial charge in [-0.3, -0.25) is 4.98 Å². The molecule has 0 atom stereocenters. The molecular weight excluding hydrogens is 281 g/mol. The number of hydrogen-bond donors (Lipinski definition) is 2. The highest BCUT2D eigenvalue weighted by Crippen LogP contribution is 2.28. The van der Waals surface area contributed by atoms with Crippen LogP contribution in [0.3, 0.4) is 0 Å². The van der Waals surface area contributed by atoms with E-state index in [1.807, 2.05) is 0 Å². The number of carboxylic acids is 1. The number of thiazole rings is 1. The molecule has 3 rings (SSSR count). The van der Waals surface area contributed by atoms with Gasteiger partial charge in [-0.1, -0.05) is 0 Å². The summed E-state index contributed by atoms with van der Waals surface area (Å²) in [5, 5.41) is 11.3. The van der Waals surface area contributed by atoms with E-state index in [0.717, 1.165) is 6.20 Å². The van der Waals surface area contributed by atoms with Gasteiger partial charge in [0.15, 0.2) is 0 Å². The van der Waals surface area contributed by atoms with E-state index in [1.165, 1.54) is 23.5 Å². The summed E-state index contributed by atoms with van der Waals surface area (Å²) >= 11 is 1.36. The first-order chi connectivity index (χ1) is 9.63. The third-order valence-corrected chi connectivity index (χ3v) is 3.52. The van der Waals surface area contributed by atoms with Gasteiger partial charge in [0.25, 0.3) is 0 Å². The molecule has 3 aromatic rings. The Morgan fingerprint density at radius 1 is 1.35 bits per heavy atom. The van der Waals surface area contributed by atoms with Crippen LogP contribution < -0.4 is 0 Å². The lowest BCUT2D eigenvalue weighted by Gasteiger charge is -1.94. The van der Waals surface area contributed by atoms with Gasteiger partial charge in [0.2, 0.25) is 0 Å². The molecule has 0 unspecified atom stereocenters. The maximum Gasteiger partial charge on any atom is 0.352 e. The largest absolute Gasteiger partial charge is 0.477 e. The van der Waals surface area contributed by atoms with Crippen LogP contribution in [-0.4, -0.2) is 26.0 Å². The molecule has 0 spiro atoms. The summed E-state index contributed by atoms with van der Waals surface area (Å²) in [5.41, 5.74) is 2.03. The number of aromatic amines is 1. The summed E-state index contributed by atoms with van der Waals surface area (Å²) < 4.78 is 12.8. The molecule has 7 heteroatoms. The van der Waals surface area contributed by atoms with Gasteiger partial charge < -0.3 is 10.1 Å². The number of pyridine rings is 1. The molecule has 20 heavy (non-hydrogen) atoms. The standard InChI is InChI=1S/C13H8FN3O2S/c14-8-1-2-9(16-5-8)12-17-11(6-20-12)7-3-10(13(18)19)15-4-7/h1-6,15H,(H,18,19). The fourth-order valence-corrected chi connectivity index (χ4v) is 2.50. The Balaban J connectivity index is 1.93. The van der Waals surface area contributed by atoms with Crippen molar-refractivity contribution in [3.05, 3.63) is 47.5 Å². The Bertz CT molecular complexity index is 764. The van der Waals surface area contributed by atoms with Crippen molar-refractivity contribution < 1.29 is 14.3 Å². The van der Waals surface area contributed by atoms with Crippen LogP contribution in [0.1, 0.15) is 10.5 Å². The average molecular weight is 289 g/mol. The summed E-state index contributed by atoms with van der Waals surface area (Å²) in [6.07, 6.45) is 2.72. The van der Waals surface area contributed by atoms with Crippen molar-refractivity contribution in [1.82, 2.24) is 15.0 Å². The summed E-state index contributed by atoms with van der Waals surface area (Å²) in [6, 6.07) is 4.39. The van der Waals surface area contributed by atoms with Gasteiger partial charge in [-0.05, 0) is 18.2 Å². The van der Waals surface area contributed by atoms with Gasteiger partial charge in [0, 0.05) is 17.1 Å². The van der Waals surface area contributed by atoms with E-state index in [4.69, 9.17) is 5.11 Å². The zero-order valence-corrected chi connectivity index (χ0v) is 10.8. The minimum Gasteiger partial charge on any atom is -0.477 e. The van der Waals surface area contributed by atoms with Gasteiger partial charge >= 0.3 is 5.97 Å². The molecule has 0 fully saturated rings. The van der Waals surface area contributed by atoms with Crippen LogP contribution in [0.25, 0.3) is 22.0 Å². The predicted octanol–water partition coefficient (Wildman–Crippen LogP) is 3.04. The first-order valence-electron chi connectivity index (χ1n) is 5.63. The number of nitrogens with one attached hydrogen (secondary N) is 1. The van der Waals surface area contributed by atoms with E-state index < -0.39 is 11.8 Å². The molecule has 0 bridgehead atoms. The molecule has 0 radical (unpaired) electrons. The summed E-state index contributed by atoms with van der Waals surface area (Å²) in [6.45, 7) is 0. The minimum atomic E-state index is -1.02. The molecule has 3 aromatic heterocycles. The number of nitrogens with zero attached hydrogens (tertiary/aromatic N) is 2. The molecule has 0 aliphatic rings. The van der Waals surface area contributed by atoms with Crippen molar-refractivity contribution in [2.75, 3.05) is 0 Å². The van der Waals surface area contributed by atoms with Crippen LogP contribution >= 0.6 is 11.3 Å². The Morgan fingerprint density at radius 3 is 2.85 bits per heavy atom. The number of aromatic nitrogens is 3. The van der Waals surface area contributed by atoms with Crippen molar-refractivity contribution >= 4 is 17.3 Å². The maximum atomic E-state index is 12.8. The summed E-state index contributed by atoms with van der Waals surface area (Å²) in [5.74, 6) is -1.42. The Morgan fingerprint density at radius 2 is 2.20 bits per heavy atom. The summed E-state index contributed by atoms with van der Waals surface area (Å²) in [4.78, 5) is 21.8. The second kappa shape index (κ2) is 4.86. The van der Waals surface area contributed by atoms with Gasteiger partial charge in [-0.15, -0.1) is 11.3 Å². The van der Waals surface area contributed by atoms with Crippen molar-refractivity contribution in [3.63, 3.8) is 0 Å². The molecule has 3 heterocycles. The number of halogens is 1. The second-order valence-electron chi connectivity index (χ2n) is 4.01. The van der Waals surface area contributed by atoms with E-state index in [-0.39, 0.29) is 5.69 Å². The number of hydrogen-bond acceptors (Lipinski definition) is 4. The molecule has 0 amide bonds. The first-order valence-corrected chi connectivity index (χ1v) is 6.51. The SMILES string of the molecule is O=C(O)c1cc(-c2csc(-c3ccc(F)cn3)n2)c[nH]1. The van der Waals surface area contributed by atoms with E-state index in [0.29, 0.717) is 22.0 Å². The van der Waals surface area contributed by atoms with Gasteiger partial charge in [-0.2, -0.15) is 0 Å². The Kier molecular flexibility index (Phi) is 3.03. The third kappa shape index (κ3) is 2.30. The van der Waals surface area contributed by atoms with E-state index in [9.17, 15) is 9.18 Å².